The number of rotatable bonds is 3. The predicted molar refractivity (Wildman–Crippen MR) is 150 cm³/mol. The van der Waals surface area contributed by atoms with Gasteiger partial charge in [-0.2, -0.15) is 0 Å². The molecule has 6 aromatic rings. The van der Waals surface area contributed by atoms with E-state index in [9.17, 15) is 0 Å². The number of aryl methyl sites for hydroxylation is 1. The van der Waals surface area contributed by atoms with Gasteiger partial charge in [-0.3, -0.25) is 0 Å². The number of hydrogen-bond donors (Lipinski definition) is 0. The van der Waals surface area contributed by atoms with Gasteiger partial charge in [-0.25, -0.2) is 0 Å². The lowest BCUT2D eigenvalue weighted by Crippen LogP contribution is -2.27. The summed E-state index contributed by atoms with van der Waals surface area (Å²) in [6.45, 7) is 2.06. The molecule has 0 radical (unpaired) electrons. The number of aromatic nitrogens is 2. The van der Waals surface area contributed by atoms with Crippen molar-refractivity contribution in [1.29, 1.82) is 0 Å². The van der Waals surface area contributed by atoms with Crippen molar-refractivity contribution >= 4 is 0 Å². The van der Waals surface area contributed by atoms with Gasteiger partial charge in [0, 0.05) is 23.0 Å². The van der Waals surface area contributed by atoms with Crippen molar-refractivity contribution in [2.75, 3.05) is 0 Å². The third-order valence-electron chi connectivity index (χ3n) is 8.13. The Labute approximate surface area is 221 Å². The van der Waals surface area contributed by atoms with Crippen LogP contribution >= 0.6 is 0 Å². The summed E-state index contributed by atoms with van der Waals surface area (Å²) >= 11 is 0. The summed E-state index contributed by atoms with van der Waals surface area (Å²) in [5, 5.41) is 8.56. The van der Waals surface area contributed by atoms with Gasteiger partial charge in [0.1, 0.15) is 0 Å². The van der Waals surface area contributed by atoms with E-state index in [4.69, 9.17) is 4.42 Å². The number of hydrogen-bond acceptors (Lipinski definition) is 3. The Bertz CT molecular complexity index is 1780. The minimum Gasteiger partial charge on any atom is -0.416 e. The Hall–Kier alpha value is -4.76. The molecule has 0 fully saturated rings. The summed E-state index contributed by atoms with van der Waals surface area (Å²) in [5.74, 6) is 1.65. The molecule has 0 amide bonds. The lowest BCUT2D eigenvalue weighted by Gasteiger charge is -2.42. The molecule has 2 bridgehead atoms. The molecular weight excluding hydrogens is 464 g/mol. The standard InChI is InChI=1S/C35H24N2O/c1-21-10-12-23(13-11-21)34-36-37-35(38-34)24-16-14-22(15-17-24)25-18-19-30-31(20-25)33-28-8-4-2-6-26(28)32(30)27-7-3-5-9-29(27)33/h2-20,32-33H,1H3. The van der Waals surface area contributed by atoms with Crippen LogP contribution in [0.1, 0.15) is 50.8 Å². The molecule has 0 N–H and O–H groups in total. The van der Waals surface area contributed by atoms with Gasteiger partial charge in [0.2, 0.25) is 11.8 Å². The minimum atomic E-state index is 0.278. The Morgan fingerprint density at radius 1 is 0.447 bits per heavy atom. The van der Waals surface area contributed by atoms with Crippen molar-refractivity contribution in [1.82, 2.24) is 10.2 Å². The van der Waals surface area contributed by atoms with Crippen LogP contribution in [0.4, 0.5) is 0 Å². The van der Waals surface area contributed by atoms with Crippen LogP contribution in [0.15, 0.2) is 120 Å². The highest BCUT2D eigenvalue weighted by Crippen LogP contribution is 2.56. The van der Waals surface area contributed by atoms with Gasteiger partial charge in [-0.05, 0) is 81.8 Å². The summed E-state index contributed by atoms with van der Waals surface area (Å²) in [5.41, 5.74) is 14.1. The van der Waals surface area contributed by atoms with Crippen molar-refractivity contribution in [2.24, 2.45) is 0 Å². The van der Waals surface area contributed by atoms with Crippen LogP contribution in [0.5, 0.6) is 0 Å². The van der Waals surface area contributed by atoms with E-state index in [2.05, 4.69) is 120 Å². The largest absolute Gasteiger partial charge is 0.416 e. The summed E-state index contributed by atoms with van der Waals surface area (Å²) in [6.07, 6.45) is 0. The maximum atomic E-state index is 5.99. The van der Waals surface area contributed by atoms with Crippen LogP contribution in [0.25, 0.3) is 34.0 Å². The maximum Gasteiger partial charge on any atom is 0.248 e. The van der Waals surface area contributed by atoms with E-state index in [0.29, 0.717) is 17.7 Å². The fourth-order valence-corrected chi connectivity index (χ4v) is 6.30. The molecule has 5 aromatic carbocycles. The SMILES string of the molecule is Cc1ccc(-c2nnc(-c3ccc(-c4ccc5c(c4)C4c6ccccc6C5c5ccccc54)cc3)o2)cc1. The Morgan fingerprint density at radius 2 is 0.868 bits per heavy atom. The van der Waals surface area contributed by atoms with E-state index in [0.717, 1.165) is 11.1 Å². The van der Waals surface area contributed by atoms with E-state index in [1.165, 1.54) is 50.1 Å². The van der Waals surface area contributed by atoms with Crippen LogP contribution in [0, 0.1) is 6.92 Å². The second-order valence-corrected chi connectivity index (χ2v) is 10.3. The van der Waals surface area contributed by atoms with Gasteiger partial charge in [0.05, 0.1) is 0 Å². The fourth-order valence-electron chi connectivity index (χ4n) is 6.30. The Kier molecular flexibility index (Phi) is 4.56. The molecule has 1 heterocycles. The normalized spacial score (nSPS) is 16.6. The van der Waals surface area contributed by atoms with E-state index < -0.39 is 0 Å². The highest BCUT2D eigenvalue weighted by Gasteiger charge is 2.40. The average molecular weight is 489 g/mol. The molecule has 0 spiro atoms. The molecule has 0 atom stereocenters. The summed E-state index contributed by atoms with van der Waals surface area (Å²) in [7, 11) is 0. The van der Waals surface area contributed by atoms with Crippen molar-refractivity contribution in [3.63, 3.8) is 0 Å². The van der Waals surface area contributed by atoms with Crippen molar-refractivity contribution in [3.8, 4) is 34.0 Å². The minimum absolute atomic E-state index is 0.278. The van der Waals surface area contributed by atoms with Crippen LogP contribution in [0.2, 0.25) is 0 Å². The van der Waals surface area contributed by atoms with Crippen LogP contribution < -0.4 is 0 Å². The molecule has 0 aliphatic heterocycles. The van der Waals surface area contributed by atoms with Gasteiger partial charge >= 0.3 is 0 Å². The fraction of sp³-hybridized carbons (Fsp3) is 0.0857. The third kappa shape index (κ3) is 3.15. The molecule has 38 heavy (non-hydrogen) atoms. The smallest absolute Gasteiger partial charge is 0.248 e. The molecule has 3 nitrogen and oxygen atoms in total. The van der Waals surface area contributed by atoms with Gasteiger partial charge < -0.3 is 4.42 Å². The number of benzene rings is 5. The summed E-state index contributed by atoms with van der Waals surface area (Å²) in [4.78, 5) is 0. The van der Waals surface area contributed by atoms with Crippen LogP contribution in [-0.4, -0.2) is 10.2 Å². The molecule has 180 valence electrons. The average Bonchev–Trinajstić information content (AvgIpc) is 3.47. The van der Waals surface area contributed by atoms with Crippen LogP contribution in [-0.2, 0) is 0 Å². The van der Waals surface area contributed by atoms with Crippen molar-refractivity contribution in [2.45, 2.75) is 18.8 Å². The van der Waals surface area contributed by atoms with E-state index in [-0.39, 0.29) is 5.92 Å². The monoisotopic (exact) mass is 488 g/mol. The van der Waals surface area contributed by atoms with Crippen molar-refractivity contribution in [3.05, 3.63) is 154 Å². The molecule has 3 heteroatoms. The lowest BCUT2D eigenvalue weighted by molar-refractivity contribution is 0.584. The molecular formula is C35H24N2O. The third-order valence-corrected chi connectivity index (χ3v) is 8.13. The van der Waals surface area contributed by atoms with E-state index in [1.807, 2.05) is 12.1 Å². The van der Waals surface area contributed by atoms with Gasteiger partial charge in [0.15, 0.2) is 0 Å². The second-order valence-electron chi connectivity index (χ2n) is 10.3. The lowest BCUT2D eigenvalue weighted by atomic mass is 9.61. The highest BCUT2D eigenvalue weighted by molar-refractivity contribution is 5.74. The quantitative estimate of drug-likeness (QED) is 0.251. The molecule has 0 saturated carbocycles. The van der Waals surface area contributed by atoms with Crippen molar-refractivity contribution < 1.29 is 4.42 Å². The summed E-state index contributed by atoms with van der Waals surface area (Å²) in [6, 6.07) is 41.5. The zero-order valence-corrected chi connectivity index (χ0v) is 20.9. The molecule has 9 rings (SSSR count). The van der Waals surface area contributed by atoms with Crippen LogP contribution in [0.3, 0.4) is 0 Å². The summed E-state index contributed by atoms with van der Waals surface area (Å²) < 4.78 is 5.99. The molecule has 1 aromatic heterocycles. The topological polar surface area (TPSA) is 38.9 Å². The first-order chi connectivity index (χ1) is 18.7. The number of nitrogens with zero attached hydrogens (tertiary/aromatic N) is 2. The van der Waals surface area contributed by atoms with Gasteiger partial charge in [-0.1, -0.05) is 90.5 Å². The zero-order valence-electron chi connectivity index (χ0n) is 20.9. The van der Waals surface area contributed by atoms with Gasteiger partial charge in [-0.15, -0.1) is 10.2 Å². The van der Waals surface area contributed by atoms with Gasteiger partial charge in [0.25, 0.3) is 0 Å². The first-order valence-corrected chi connectivity index (χ1v) is 13.1. The van der Waals surface area contributed by atoms with E-state index in [1.54, 1.807) is 0 Å². The first-order valence-electron chi connectivity index (χ1n) is 13.1. The highest BCUT2D eigenvalue weighted by atomic mass is 16.4. The second kappa shape index (κ2) is 8.12. The molecule has 3 aliphatic rings. The maximum absolute atomic E-state index is 5.99. The first kappa shape index (κ1) is 21.3. The van der Waals surface area contributed by atoms with E-state index >= 15 is 0 Å². The molecule has 3 aliphatic carbocycles. The predicted octanol–water partition coefficient (Wildman–Crippen LogP) is 8.37. The molecule has 0 saturated heterocycles. The Balaban J connectivity index is 1.15. The zero-order chi connectivity index (χ0) is 25.2. The molecule has 0 unspecified atom stereocenters. The Morgan fingerprint density at radius 3 is 1.42 bits per heavy atom.